The number of hydrogen-bond acceptors (Lipinski definition) is 3. The normalized spacial score (nSPS) is 17.6. The number of nitrogens with one attached hydrogen (secondary N) is 1. The molecular weight excluding hydrogens is 224 g/mol. The van der Waals surface area contributed by atoms with E-state index in [0.29, 0.717) is 12.3 Å². The number of rotatable bonds is 6. The summed E-state index contributed by atoms with van der Waals surface area (Å²) in [5.41, 5.74) is 4.92. The predicted molar refractivity (Wildman–Crippen MR) is 60.0 cm³/mol. The van der Waals surface area contributed by atoms with Crippen molar-refractivity contribution in [3.8, 4) is 0 Å². The van der Waals surface area contributed by atoms with Gasteiger partial charge in [0, 0.05) is 6.42 Å². The Bertz CT molecular complexity index is 311. The molecule has 0 aliphatic heterocycles. The van der Waals surface area contributed by atoms with Crippen LogP contribution in [0.3, 0.4) is 0 Å². The number of primary amides is 1. The van der Waals surface area contributed by atoms with Crippen LogP contribution in [0.5, 0.6) is 0 Å². The SMILES string of the molecule is NC(=O)CC(NC(=O)CC1CCCC1)C(=O)O. The maximum atomic E-state index is 11.6. The van der Waals surface area contributed by atoms with E-state index in [2.05, 4.69) is 5.32 Å². The molecule has 1 saturated carbocycles. The van der Waals surface area contributed by atoms with Gasteiger partial charge in [0.25, 0.3) is 0 Å². The molecule has 1 fully saturated rings. The molecule has 0 aromatic carbocycles. The summed E-state index contributed by atoms with van der Waals surface area (Å²) in [4.78, 5) is 33.0. The van der Waals surface area contributed by atoms with Gasteiger partial charge < -0.3 is 16.2 Å². The lowest BCUT2D eigenvalue weighted by Gasteiger charge is -2.14. The average molecular weight is 242 g/mol. The van der Waals surface area contributed by atoms with Gasteiger partial charge in [-0.25, -0.2) is 4.79 Å². The van der Waals surface area contributed by atoms with E-state index in [1.807, 2.05) is 0 Å². The van der Waals surface area contributed by atoms with Crippen molar-refractivity contribution in [2.45, 2.75) is 44.6 Å². The minimum Gasteiger partial charge on any atom is -0.480 e. The molecule has 6 heteroatoms. The van der Waals surface area contributed by atoms with Crippen molar-refractivity contribution >= 4 is 17.8 Å². The molecule has 1 rings (SSSR count). The topological polar surface area (TPSA) is 109 Å². The van der Waals surface area contributed by atoms with E-state index < -0.39 is 17.9 Å². The van der Waals surface area contributed by atoms with Crippen LogP contribution in [0.25, 0.3) is 0 Å². The molecule has 0 aromatic rings. The molecule has 6 nitrogen and oxygen atoms in total. The first kappa shape index (κ1) is 13.5. The summed E-state index contributed by atoms with van der Waals surface area (Å²) in [6, 6.07) is -1.21. The molecule has 96 valence electrons. The van der Waals surface area contributed by atoms with Crippen molar-refractivity contribution < 1.29 is 19.5 Å². The molecule has 0 spiro atoms. The van der Waals surface area contributed by atoms with E-state index in [4.69, 9.17) is 10.8 Å². The van der Waals surface area contributed by atoms with Crippen LogP contribution in [0.1, 0.15) is 38.5 Å². The molecular formula is C11H18N2O4. The van der Waals surface area contributed by atoms with Crippen LogP contribution in [0.15, 0.2) is 0 Å². The summed E-state index contributed by atoms with van der Waals surface area (Å²) in [7, 11) is 0. The van der Waals surface area contributed by atoms with Crippen molar-refractivity contribution in [1.29, 1.82) is 0 Å². The molecule has 0 bridgehead atoms. The number of amides is 2. The van der Waals surface area contributed by atoms with Crippen LogP contribution in [0, 0.1) is 5.92 Å². The first-order valence-electron chi connectivity index (χ1n) is 5.79. The fraction of sp³-hybridized carbons (Fsp3) is 0.727. The fourth-order valence-corrected chi connectivity index (χ4v) is 2.13. The lowest BCUT2D eigenvalue weighted by atomic mass is 10.0. The van der Waals surface area contributed by atoms with Gasteiger partial charge in [-0.2, -0.15) is 0 Å². The van der Waals surface area contributed by atoms with Crippen LogP contribution in [0.4, 0.5) is 0 Å². The number of carboxylic acids is 1. The highest BCUT2D eigenvalue weighted by molar-refractivity contribution is 5.88. The number of nitrogens with two attached hydrogens (primary N) is 1. The maximum Gasteiger partial charge on any atom is 0.326 e. The van der Waals surface area contributed by atoms with Gasteiger partial charge in [0.2, 0.25) is 11.8 Å². The molecule has 2 amide bonds. The first-order valence-corrected chi connectivity index (χ1v) is 5.79. The van der Waals surface area contributed by atoms with Gasteiger partial charge in [-0.3, -0.25) is 9.59 Å². The summed E-state index contributed by atoms with van der Waals surface area (Å²) in [5, 5.41) is 11.1. The second-order valence-electron chi connectivity index (χ2n) is 4.48. The highest BCUT2D eigenvalue weighted by atomic mass is 16.4. The van der Waals surface area contributed by atoms with E-state index in [9.17, 15) is 14.4 Å². The van der Waals surface area contributed by atoms with Gasteiger partial charge in [0.05, 0.1) is 6.42 Å². The molecule has 1 aliphatic rings. The summed E-state index contributed by atoms with van der Waals surface area (Å²) in [5.74, 6) is -1.94. The predicted octanol–water partition coefficient (Wildman–Crippen LogP) is 0.0115. The van der Waals surface area contributed by atoms with Gasteiger partial charge in [-0.05, 0) is 18.8 Å². The highest BCUT2D eigenvalue weighted by Gasteiger charge is 2.24. The van der Waals surface area contributed by atoms with Crippen molar-refractivity contribution in [2.75, 3.05) is 0 Å². The van der Waals surface area contributed by atoms with E-state index >= 15 is 0 Å². The Morgan fingerprint density at radius 1 is 1.29 bits per heavy atom. The molecule has 1 atom stereocenters. The van der Waals surface area contributed by atoms with Crippen molar-refractivity contribution in [1.82, 2.24) is 5.32 Å². The minimum atomic E-state index is -1.23. The molecule has 0 saturated heterocycles. The molecule has 1 aliphatic carbocycles. The van der Waals surface area contributed by atoms with Crippen molar-refractivity contribution in [2.24, 2.45) is 11.7 Å². The van der Waals surface area contributed by atoms with Crippen molar-refractivity contribution in [3.05, 3.63) is 0 Å². The lowest BCUT2D eigenvalue weighted by molar-refractivity contribution is -0.143. The zero-order chi connectivity index (χ0) is 12.8. The third-order valence-corrected chi connectivity index (χ3v) is 2.99. The largest absolute Gasteiger partial charge is 0.480 e. The quantitative estimate of drug-likeness (QED) is 0.609. The third-order valence-electron chi connectivity index (χ3n) is 2.99. The summed E-state index contributed by atoms with van der Waals surface area (Å²) < 4.78 is 0. The first-order chi connectivity index (χ1) is 7.99. The fourth-order valence-electron chi connectivity index (χ4n) is 2.13. The summed E-state index contributed by atoms with van der Waals surface area (Å²) >= 11 is 0. The lowest BCUT2D eigenvalue weighted by Crippen LogP contribution is -2.43. The maximum absolute atomic E-state index is 11.6. The van der Waals surface area contributed by atoms with E-state index in [1.54, 1.807) is 0 Å². The zero-order valence-corrected chi connectivity index (χ0v) is 9.65. The molecule has 17 heavy (non-hydrogen) atoms. The Kier molecular flexibility index (Phi) is 4.93. The number of aliphatic carboxylic acids is 1. The monoisotopic (exact) mass is 242 g/mol. The third kappa shape index (κ3) is 4.84. The smallest absolute Gasteiger partial charge is 0.326 e. The van der Waals surface area contributed by atoms with Gasteiger partial charge in [0.15, 0.2) is 0 Å². The van der Waals surface area contributed by atoms with Crippen molar-refractivity contribution in [3.63, 3.8) is 0 Å². The Morgan fingerprint density at radius 2 is 1.88 bits per heavy atom. The van der Waals surface area contributed by atoms with Gasteiger partial charge in [0.1, 0.15) is 6.04 Å². The number of carbonyl (C=O) groups excluding carboxylic acids is 2. The van der Waals surface area contributed by atoms with Crippen LogP contribution in [0.2, 0.25) is 0 Å². The van der Waals surface area contributed by atoms with E-state index in [1.165, 1.54) is 0 Å². The Morgan fingerprint density at radius 3 is 2.35 bits per heavy atom. The average Bonchev–Trinajstić information content (AvgIpc) is 2.68. The number of carboxylic acid groups (broad SMARTS) is 1. The van der Waals surface area contributed by atoms with Gasteiger partial charge >= 0.3 is 5.97 Å². The molecule has 0 radical (unpaired) electrons. The van der Waals surface area contributed by atoms with Crippen LogP contribution in [-0.2, 0) is 14.4 Å². The van der Waals surface area contributed by atoms with E-state index in [0.717, 1.165) is 25.7 Å². The van der Waals surface area contributed by atoms with Gasteiger partial charge in [-0.15, -0.1) is 0 Å². The van der Waals surface area contributed by atoms with Gasteiger partial charge in [-0.1, -0.05) is 12.8 Å². The zero-order valence-electron chi connectivity index (χ0n) is 9.65. The molecule has 1 unspecified atom stereocenters. The molecule has 0 aromatic heterocycles. The van der Waals surface area contributed by atoms with Crippen LogP contribution in [-0.4, -0.2) is 28.9 Å². The highest BCUT2D eigenvalue weighted by Crippen LogP contribution is 2.27. The Hall–Kier alpha value is -1.59. The summed E-state index contributed by atoms with van der Waals surface area (Å²) in [6.07, 6.45) is 4.25. The number of carbonyl (C=O) groups is 3. The summed E-state index contributed by atoms with van der Waals surface area (Å²) in [6.45, 7) is 0. The minimum absolute atomic E-state index is 0.314. The molecule has 0 heterocycles. The second-order valence-corrected chi connectivity index (χ2v) is 4.48. The Labute approximate surface area is 99.6 Å². The van der Waals surface area contributed by atoms with E-state index in [-0.39, 0.29) is 12.3 Å². The second kappa shape index (κ2) is 6.22. The molecule has 4 N–H and O–H groups in total. The standard InChI is InChI=1S/C11H18N2O4/c12-9(14)6-8(11(16)17)13-10(15)5-7-3-1-2-4-7/h7-8H,1-6H2,(H2,12,14)(H,13,15)(H,16,17). The van der Waals surface area contributed by atoms with Crippen LogP contribution >= 0.6 is 0 Å². The van der Waals surface area contributed by atoms with Crippen LogP contribution < -0.4 is 11.1 Å². The Balaban J connectivity index is 2.40. The number of hydrogen-bond donors (Lipinski definition) is 3.